The number of carbonyl (C=O) groups excluding carboxylic acids is 2. The van der Waals surface area contributed by atoms with E-state index in [1.54, 1.807) is 6.07 Å². The molecule has 2 amide bonds. The van der Waals surface area contributed by atoms with Gasteiger partial charge in [-0.05, 0) is 56.7 Å². The van der Waals surface area contributed by atoms with Gasteiger partial charge in [0.05, 0.1) is 5.92 Å². The fourth-order valence-electron chi connectivity index (χ4n) is 4.65. The Morgan fingerprint density at radius 3 is 2.72 bits per heavy atom. The SMILES string of the molecule is Cc1cc(C(=O)N2CCN(C(=O)C3CCCCc4ccccc43)CCC2C)n[nH]1. The molecule has 4 rings (SSSR count). The molecule has 0 radical (unpaired) electrons. The summed E-state index contributed by atoms with van der Waals surface area (Å²) >= 11 is 0. The molecule has 2 unspecified atom stereocenters. The molecule has 2 aromatic rings. The molecule has 1 N–H and O–H groups in total. The maximum Gasteiger partial charge on any atom is 0.274 e. The molecule has 1 aromatic carbocycles. The van der Waals surface area contributed by atoms with Crippen molar-refractivity contribution in [3.63, 3.8) is 0 Å². The average Bonchev–Trinajstić information content (AvgIpc) is 2.93. The largest absolute Gasteiger partial charge is 0.340 e. The van der Waals surface area contributed by atoms with Gasteiger partial charge in [-0.3, -0.25) is 14.7 Å². The lowest BCUT2D eigenvalue weighted by atomic mass is 9.91. The van der Waals surface area contributed by atoms with Gasteiger partial charge >= 0.3 is 0 Å². The van der Waals surface area contributed by atoms with Crippen molar-refractivity contribution in [2.24, 2.45) is 0 Å². The first-order chi connectivity index (χ1) is 14.0. The molecule has 1 saturated heterocycles. The molecule has 0 bridgehead atoms. The zero-order valence-electron chi connectivity index (χ0n) is 17.4. The third kappa shape index (κ3) is 4.07. The molecule has 0 saturated carbocycles. The number of fused-ring (bicyclic) bond motifs is 1. The van der Waals surface area contributed by atoms with Crippen LogP contribution >= 0.6 is 0 Å². The van der Waals surface area contributed by atoms with E-state index >= 15 is 0 Å². The number of H-pyrrole nitrogens is 1. The second kappa shape index (κ2) is 8.39. The second-order valence-corrected chi connectivity index (χ2v) is 8.39. The van der Waals surface area contributed by atoms with Crippen LogP contribution < -0.4 is 0 Å². The lowest BCUT2D eigenvalue weighted by molar-refractivity contribution is -0.132. The smallest absolute Gasteiger partial charge is 0.274 e. The highest BCUT2D eigenvalue weighted by atomic mass is 16.2. The minimum atomic E-state index is -0.0593. The van der Waals surface area contributed by atoms with Crippen LogP contribution in [0, 0.1) is 6.92 Å². The fourth-order valence-corrected chi connectivity index (χ4v) is 4.65. The number of amides is 2. The number of aryl methyl sites for hydroxylation is 2. The summed E-state index contributed by atoms with van der Waals surface area (Å²) in [6, 6.07) is 10.3. The molecule has 1 aliphatic carbocycles. The number of nitrogens with zero attached hydrogens (tertiary/aromatic N) is 3. The number of aromatic nitrogens is 2. The predicted molar refractivity (Wildman–Crippen MR) is 112 cm³/mol. The maximum absolute atomic E-state index is 13.5. The van der Waals surface area contributed by atoms with Crippen LogP contribution in [-0.2, 0) is 11.2 Å². The van der Waals surface area contributed by atoms with Crippen LogP contribution in [-0.4, -0.2) is 57.5 Å². The number of aromatic amines is 1. The van der Waals surface area contributed by atoms with Crippen molar-refractivity contribution >= 4 is 11.8 Å². The fraction of sp³-hybridized carbons (Fsp3) is 0.522. The van der Waals surface area contributed by atoms with Gasteiger partial charge in [-0.2, -0.15) is 5.10 Å². The molecule has 29 heavy (non-hydrogen) atoms. The van der Waals surface area contributed by atoms with Crippen LogP contribution in [0.2, 0.25) is 0 Å². The summed E-state index contributed by atoms with van der Waals surface area (Å²) in [5, 5.41) is 6.96. The molecule has 2 atom stereocenters. The Balaban J connectivity index is 1.49. The van der Waals surface area contributed by atoms with Gasteiger partial charge in [-0.1, -0.05) is 30.7 Å². The zero-order valence-corrected chi connectivity index (χ0v) is 17.4. The van der Waals surface area contributed by atoms with E-state index in [2.05, 4.69) is 35.3 Å². The summed E-state index contributed by atoms with van der Waals surface area (Å²) in [5.74, 6) is 0.104. The van der Waals surface area contributed by atoms with Crippen LogP contribution in [0.15, 0.2) is 30.3 Å². The Kier molecular flexibility index (Phi) is 5.69. The Morgan fingerprint density at radius 2 is 1.93 bits per heavy atom. The van der Waals surface area contributed by atoms with Gasteiger partial charge in [0.2, 0.25) is 5.91 Å². The van der Waals surface area contributed by atoms with E-state index in [0.717, 1.165) is 37.8 Å². The summed E-state index contributed by atoms with van der Waals surface area (Å²) in [4.78, 5) is 30.2. The molecule has 1 aromatic heterocycles. The van der Waals surface area contributed by atoms with E-state index in [1.165, 1.54) is 11.1 Å². The minimum Gasteiger partial charge on any atom is -0.340 e. The van der Waals surface area contributed by atoms with E-state index in [0.29, 0.717) is 25.3 Å². The molecule has 0 spiro atoms. The van der Waals surface area contributed by atoms with Crippen LogP contribution in [0.3, 0.4) is 0 Å². The number of rotatable bonds is 2. The third-order valence-corrected chi connectivity index (χ3v) is 6.37. The summed E-state index contributed by atoms with van der Waals surface area (Å²) in [5.41, 5.74) is 3.84. The van der Waals surface area contributed by atoms with E-state index < -0.39 is 0 Å². The normalized spacial score (nSPS) is 22.6. The van der Waals surface area contributed by atoms with Gasteiger partial charge in [0, 0.05) is 31.4 Å². The Bertz CT molecular complexity index is 891. The van der Waals surface area contributed by atoms with Crippen molar-refractivity contribution in [2.75, 3.05) is 19.6 Å². The number of carbonyl (C=O) groups is 2. The molecule has 2 aliphatic rings. The first-order valence-corrected chi connectivity index (χ1v) is 10.7. The van der Waals surface area contributed by atoms with E-state index in [4.69, 9.17) is 0 Å². The monoisotopic (exact) mass is 394 g/mol. The molecular formula is C23H30N4O2. The van der Waals surface area contributed by atoms with Crippen LogP contribution in [0.5, 0.6) is 0 Å². The molecule has 6 heteroatoms. The van der Waals surface area contributed by atoms with Crippen LogP contribution in [0.1, 0.15) is 65.8 Å². The topological polar surface area (TPSA) is 69.3 Å². The van der Waals surface area contributed by atoms with Gasteiger partial charge in [-0.15, -0.1) is 0 Å². The van der Waals surface area contributed by atoms with Gasteiger partial charge in [0.25, 0.3) is 5.91 Å². The predicted octanol–water partition coefficient (Wildman–Crippen LogP) is 3.29. The number of benzene rings is 1. The quantitative estimate of drug-likeness (QED) is 0.795. The highest BCUT2D eigenvalue weighted by Gasteiger charge is 2.33. The van der Waals surface area contributed by atoms with Gasteiger partial charge in [0.15, 0.2) is 0 Å². The van der Waals surface area contributed by atoms with Crippen molar-refractivity contribution in [2.45, 2.75) is 57.9 Å². The molecule has 2 heterocycles. The van der Waals surface area contributed by atoms with E-state index in [-0.39, 0.29) is 23.8 Å². The molecule has 1 fully saturated rings. The number of hydrogen-bond acceptors (Lipinski definition) is 3. The lowest BCUT2D eigenvalue weighted by Crippen LogP contribution is -2.41. The first-order valence-electron chi connectivity index (χ1n) is 10.7. The summed E-state index contributed by atoms with van der Waals surface area (Å²) in [7, 11) is 0. The molecule has 1 aliphatic heterocycles. The van der Waals surface area contributed by atoms with Crippen molar-refractivity contribution in [3.8, 4) is 0 Å². The second-order valence-electron chi connectivity index (χ2n) is 8.39. The van der Waals surface area contributed by atoms with Gasteiger partial charge < -0.3 is 9.80 Å². The number of nitrogens with one attached hydrogen (secondary N) is 1. The maximum atomic E-state index is 13.5. The molecular weight excluding hydrogens is 364 g/mol. The molecule has 154 valence electrons. The molecule has 6 nitrogen and oxygen atoms in total. The third-order valence-electron chi connectivity index (χ3n) is 6.37. The highest BCUT2D eigenvalue weighted by Crippen LogP contribution is 2.32. The van der Waals surface area contributed by atoms with Crippen molar-refractivity contribution < 1.29 is 9.59 Å². The van der Waals surface area contributed by atoms with Gasteiger partial charge in [-0.25, -0.2) is 0 Å². The summed E-state index contributed by atoms with van der Waals surface area (Å²) in [6.45, 7) is 5.78. The average molecular weight is 395 g/mol. The van der Waals surface area contributed by atoms with Crippen LogP contribution in [0.25, 0.3) is 0 Å². The van der Waals surface area contributed by atoms with Crippen molar-refractivity contribution in [1.82, 2.24) is 20.0 Å². The lowest BCUT2D eigenvalue weighted by Gasteiger charge is -2.27. The van der Waals surface area contributed by atoms with Gasteiger partial charge in [0.1, 0.15) is 5.69 Å². The Labute approximate surface area is 172 Å². The van der Waals surface area contributed by atoms with E-state index in [9.17, 15) is 9.59 Å². The standard InChI is InChI=1S/C23H30N4O2/c1-16-15-21(25-24-16)23(29)27-14-13-26(12-11-17(27)2)22(28)20-10-6-4-8-18-7-3-5-9-19(18)20/h3,5,7,9,15,17,20H,4,6,8,10-14H2,1-2H3,(H,24,25). The zero-order chi connectivity index (χ0) is 20.4. The van der Waals surface area contributed by atoms with Crippen LogP contribution in [0.4, 0.5) is 0 Å². The van der Waals surface area contributed by atoms with Crippen molar-refractivity contribution in [1.29, 1.82) is 0 Å². The highest BCUT2D eigenvalue weighted by molar-refractivity contribution is 5.92. The van der Waals surface area contributed by atoms with Crippen molar-refractivity contribution in [3.05, 3.63) is 52.8 Å². The Morgan fingerprint density at radius 1 is 1.10 bits per heavy atom. The minimum absolute atomic E-state index is 0.0553. The number of hydrogen-bond donors (Lipinski definition) is 1. The Hall–Kier alpha value is -2.63. The first kappa shape index (κ1) is 19.7. The van der Waals surface area contributed by atoms with E-state index in [1.807, 2.05) is 22.8 Å². The summed E-state index contributed by atoms with van der Waals surface area (Å²) < 4.78 is 0. The summed E-state index contributed by atoms with van der Waals surface area (Å²) in [6.07, 6.45) is 4.98.